The first kappa shape index (κ1) is 14.3. The molecule has 1 aliphatic heterocycles. The third kappa shape index (κ3) is 4.16. The molecule has 100 valence electrons. The van der Waals surface area contributed by atoms with Crippen LogP contribution in [0.1, 0.15) is 40.5 Å². The zero-order chi connectivity index (χ0) is 13.3. The molecule has 5 nitrogen and oxygen atoms in total. The summed E-state index contributed by atoms with van der Waals surface area (Å²) in [6, 6.07) is -0.259. The van der Waals surface area contributed by atoms with E-state index in [1.807, 2.05) is 0 Å². The normalized spacial score (nSPS) is 30.2. The van der Waals surface area contributed by atoms with E-state index >= 15 is 0 Å². The largest absolute Gasteiger partial charge is 0.444 e. The lowest BCUT2D eigenvalue weighted by atomic mass is 9.91. The molecule has 1 fully saturated rings. The van der Waals surface area contributed by atoms with Gasteiger partial charge in [0.1, 0.15) is 5.60 Å². The van der Waals surface area contributed by atoms with E-state index in [1.54, 1.807) is 27.7 Å². The van der Waals surface area contributed by atoms with Crippen molar-refractivity contribution in [2.45, 2.75) is 57.8 Å². The maximum absolute atomic E-state index is 12.0. The van der Waals surface area contributed by atoms with Crippen molar-refractivity contribution in [1.82, 2.24) is 4.90 Å². The van der Waals surface area contributed by atoms with Crippen LogP contribution >= 0.6 is 0 Å². The number of hydrogen-bond acceptors (Lipinski definition) is 4. The molecule has 0 bridgehead atoms. The molecule has 0 aromatic rings. The standard InChI is InChI=1S/C12H23NO4/c1-11(2,3)17-10(15)13-8-12(4,16)6-5-9(13)7-14/h9,14,16H,5-8H2,1-4H3. The minimum atomic E-state index is -0.900. The van der Waals surface area contributed by atoms with E-state index in [1.165, 1.54) is 4.90 Å². The number of carbonyl (C=O) groups excluding carboxylic acids is 1. The van der Waals surface area contributed by atoms with Crippen molar-refractivity contribution in [3.05, 3.63) is 0 Å². The summed E-state index contributed by atoms with van der Waals surface area (Å²) in [5.41, 5.74) is -1.47. The van der Waals surface area contributed by atoms with E-state index in [0.717, 1.165) is 0 Å². The molecule has 0 spiro atoms. The van der Waals surface area contributed by atoms with Gasteiger partial charge in [0.15, 0.2) is 0 Å². The second kappa shape index (κ2) is 4.82. The van der Waals surface area contributed by atoms with E-state index in [9.17, 15) is 15.0 Å². The highest BCUT2D eigenvalue weighted by atomic mass is 16.6. The molecule has 1 heterocycles. The molecule has 1 aliphatic rings. The minimum Gasteiger partial charge on any atom is -0.444 e. The second-order valence-corrected chi connectivity index (χ2v) is 5.98. The lowest BCUT2D eigenvalue weighted by Gasteiger charge is -2.42. The number of rotatable bonds is 1. The number of hydrogen-bond donors (Lipinski definition) is 2. The Kier molecular flexibility index (Phi) is 4.04. The van der Waals surface area contributed by atoms with E-state index in [0.29, 0.717) is 12.8 Å². The summed E-state index contributed by atoms with van der Waals surface area (Å²) in [7, 11) is 0. The summed E-state index contributed by atoms with van der Waals surface area (Å²) in [4.78, 5) is 13.4. The second-order valence-electron chi connectivity index (χ2n) is 5.98. The summed E-state index contributed by atoms with van der Waals surface area (Å²) in [5, 5.41) is 19.2. The Balaban J connectivity index is 2.73. The van der Waals surface area contributed by atoms with Crippen LogP contribution in [0.4, 0.5) is 4.79 Å². The van der Waals surface area contributed by atoms with Crippen molar-refractivity contribution >= 4 is 6.09 Å². The molecule has 0 aromatic carbocycles. The first-order valence-electron chi connectivity index (χ1n) is 5.97. The Morgan fingerprint density at radius 2 is 2.12 bits per heavy atom. The fourth-order valence-corrected chi connectivity index (χ4v) is 1.93. The number of nitrogens with zero attached hydrogens (tertiary/aromatic N) is 1. The van der Waals surface area contributed by atoms with Gasteiger partial charge in [-0.15, -0.1) is 0 Å². The van der Waals surface area contributed by atoms with Crippen LogP contribution in [0.15, 0.2) is 0 Å². The topological polar surface area (TPSA) is 70.0 Å². The molecule has 0 aliphatic carbocycles. The van der Waals surface area contributed by atoms with Gasteiger partial charge in [-0.2, -0.15) is 0 Å². The third-order valence-electron chi connectivity index (χ3n) is 2.81. The fourth-order valence-electron chi connectivity index (χ4n) is 1.93. The predicted octanol–water partition coefficient (Wildman–Crippen LogP) is 1.13. The Morgan fingerprint density at radius 3 is 2.59 bits per heavy atom. The van der Waals surface area contributed by atoms with Crippen LogP contribution in [-0.4, -0.2) is 51.6 Å². The SMILES string of the molecule is CC1(O)CCC(CO)N(C(=O)OC(C)(C)C)C1. The molecule has 5 heteroatoms. The molecule has 1 amide bonds. The van der Waals surface area contributed by atoms with Crippen LogP contribution in [0.25, 0.3) is 0 Å². The average molecular weight is 245 g/mol. The van der Waals surface area contributed by atoms with Gasteiger partial charge in [-0.3, -0.25) is 0 Å². The lowest BCUT2D eigenvalue weighted by molar-refractivity contribution is -0.0593. The molecule has 2 N–H and O–H groups in total. The number of aliphatic hydroxyl groups excluding tert-OH is 1. The molecule has 17 heavy (non-hydrogen) atoms. The van der Waals surface area contributed by atoms with Crippen LogP contribution in [0.5, 0.6) is 0 Å². The van der Waals surface area contributed by atoms with Gasteiger partial charge in [-0.1, -0.05) is 0 Å². The van der Waals surface area contributed by atoms with Crippen LogP contribution in [-0.2, 0) is 4.74 Å². The van der Waals surface area contributed by atoms with E-state index in [-0.39, 0.29) is 19.2 Å². The van der Waals surface area contributed by atoms with Gasteiger partial charge < -0.3 is 19.8 Å². The number of ether oxygens (including phenoxy) is 1. The Morgan fingerprint density at radius 1 is 1.53 bits per heavy atom. The lowest BCUT2D eigenvalue weighted by Crippen LogP contribution is -2.55. The summed E-state index contributed by atoms with van der Waals surface area (Å²) in [5.74, 6) is 0. The van der Waals surface area contributed by atoms with Crippen molar-refractivity contribution in [2.75, 3.05) is 13.2 Å². The average Bonchev–Trinajstić information content (AvgIpc) is 2.13. The highest BCUT2D eigenvalue weighted by Crippen LogP contribution is 2.26. The molecule has 0 aromatic heterocycles. The van der Waals surface area contributed by atoms with Gasteiger partial charge in [0.25, 0.3) is 0 Å². The Labute approximate surface area is 102 Å². The molecule has 2 unspecified atom stereocenters. The third-order valence-corrected chi connectivity index (χ3v) is 2.81. The van der Waals surface area contributed by atoms with E-state index in [2.05, 4.69) is 0 Å². The Hall–Kier alpha value is -0.810. The van der Waals surface area contributed by atoms with Crippen LogP contribution in [0, 0.1) is 0 Å². The molecule has 2 atom stereocenters. The van der Waals surface area contributed by atoms with Crippen LogP contribution < -0.4 is 0 Å². The summed E-state index contributed by atoms with van der Waals surface area (Å²) < 4.78 is 5.27. The minimum absolute atomic E-state index is 0.102. The van der Waals surface area contributed by atoms with Gasteiger partial charge in [-0.05, 0) is 40.5 Å². The monoisotopic (exact) mass is 245 g/mol. The molecule has 0 saturated carbocycles. The zero-order valence-corrected chi connectivity index (χ0v) is 11.1. The predicted molar refractivity (Wildman–Crippen MR) is 63.7 cm³/mol. The number of piperidine rings is 1. The molecule has 0 radical (unpaired) electrons. The molecular formula is C12H23NO4. The number of β-amino-alcohol motifs (C(OH)–C–C–N with tert-alkyl or cyclic N) is 1. The molecular weight excluding hydrogens is 222 g/mol. The number of carbonyl (C=O) groups is 1. The maximum atomic E-state index is 12.0. The quantitative estimate of drug-likeness (QED) is 0.726. The highest BCUT2D eigenvalue weighted by molar-refractivity contribution is 5.69. The fraction of sp³-hybridized carbons (Fsp3) is 0.917. The van der Waals surface area contributed by atoms with Crippen molar-refractivity contribution < 1.29 is 19.7 Å². The zero-order valence-electron chi connectivity index (χ0n) is 11.1. The van der Waals surface area contributed by atoms with Crippen molar-refractivity contribution in [2.24, 2.45) is 0 Å². The first-order valence-corrected chi connectivity index (χ1v) is 5.97. The number of likely N-dealkylation sites (tertiary alicyclic amines) is 1. The van der Waals surface area contributed by atoms with Gasteiger partial charge in [-0.25, -0.2) is 4.79 Å². The van der Waals surface area contributed by atoms with Gasteiger partial charge in [0.2, 0.25) is 0 Å². The number of aliphatic hydroxyl groups is 2. The van der Waals surface area contributed by atoms with Gasteiger partial charge in [0, 0.05) is 0 Å². The smallest absolute Gasteiger partial charge is 0.410 e. The summed E-state index contributed by atoms with van der Waals surface area (Å²) in [6.45, 7) is 7.17. The summed E-state index contributed by atoms with van der Waals surface area (Å²) in [6.07, 6.45) is 0.691. The maximum Gasteiger partial charge on any atom is 0.410 e. The van der Waals surface area contributed by atoms with Crippen LogP contribution in [0.3, 0.4) is 0 Å². The van der Waals surface area contributed by atoms with Crippen LogP contribution in [0.2, 0.25) is 0 Å². The number of amides is 1. The van der Waals surface area contributed by atoms with E-state index in [4.69, 9.17) is 4.74 Å². The van der Waals surface area contributed by atoms with E-state index < -0.39 is 17.3 Å². The van der Waals surface area contributed by atoms with Crippen molar-refractivity contribution in [3.63, 3.8) is 0 Å². The van der Waals surface area contributed by atoms with Crippen molar-refractivity contribution in [1.29, 1.82) is 0 Å². The first-order chi connectivity index (χ1) is 7.64. The Bertz CT molecular complexity index is 283. The van der Waals surface area contributed by atoms with Gasteiger partial charge in [0.05, 0.1) is 24.8 Å². The van der Waals surface area contributed by atoms with Crippen molar-refractivity contribution in [3.8, 4) is 0 Å². The van der Waals surface area contributed by atoms with Gasteiger partial charge >= 0.3 is 6.09 Å². The summed E-state index contributed by atoms with van der Waals surface area (Å²) >= 11 is 0. The molecule has 1 rings (SSSR count). The molecule has 1 saturated heterocycles. The highest BCUT2D eigenvalue weighted by Gasteiger charge is 2.38.